The number of rotatable bonds is 3. The lowest BCUT2D eigenvalue weighted by Gasteiger charge is -2.33. The van der Waals surface area contributed by atoms with Crippen molar-refractivity contribution in [1.82, 2.24) is 18.7 Å². The van der Waals surface area contributed by atoms with Crippen molar-refractivity contribution in [3.05, 3.63) is 98.2 Å². The molecule has 5 aromatic rings. The van der Waals surface area contributed by atoms with Gasteiger partial charge in [-0.2, -0.15) is 4.98 Å². The summed E-state index contributed by atoms with van der Waals surface area (Å²) in [6, 6.07) is 21.5. The molecule has 0 aliphatic carbocycles. The number of hydrogen-bond acceptors (Lipinski definition) is 4. The maximum Gasteiger partial charge on any atom is 0.332 e. The average molecular weight is 486 g/mol. The van der Waals surface area contributed by atoms with E-state index < -0.39 is 0 Å². The van der Waals surface area contributed by atoms with E-state index in [0.717, 1.165) is 28.6 Å². The number of nitrogens with zero attached hydrogens (tertiary/aromatic N) is 5. The second-order valence-electron chi connectivity index (χ2n) is 9.26. The fraction of sp³-hybridized carbons (Fsp3) is 0.222. The monoisotopic (exact) mass is 485 g/mol. The zero-order valence-electron chi connectivity index (χ0n) is 19.5. The fourth-order valence-corrected chi connectivity index (χ4v) is 5.21. The minimum Gasteiger partial charge on any atom is -0.312 e. The van der Waals surface area contributed by atoms with Gasteiger partial charge < -0.3 is 9.47 Å². The molecule has 0 saturated heterocycles. The standard InChI is InChI=1S/C27H24ClN5O2/c1-17-14-31(21-12-10-20(28)11-13-21)26-29-24-23(32(26)15-17)25(34)33(27(35)30(24)2)16-19-8-5-7-18-6-3-4-9-22(18)19/h3-13,17H,14-16H2,1-2H3. The lowest BCUT2D eigenvalue weighted by molar-refractivity contribution is 0.458. The molecule has 3 aromatic carbocycles. The molecule has 1 atom stereocenters. The van der Waals surface area contributed by atoms with Gasteiger partial charge in [0.1, 0.15) is 0 Å². The van der Waals surface area contributed by atoms with Crippen LogP contribution in [0, 0.1) is 5.92 Å². The molecule has 0 bridgehead atoms. The SMILES string of the molecule is CC1CN(c2ccc(Cl)cc2)c2nc3c(c(=O)n(Cc4cccc5ccccc45)c(=O)n3C)n2C1. The van der Waals surface area contributed by atoms with Gasteiger partial charge in [0.25, 0.3) is 5.56 Å². The third kappa shape index (κ3) is 3.46. The van der Waals surface area contributed by atoms with Crippen LogP contribution in [0.15, 0.2) is 76.3 Å². The highest BCUT2D eigenvalue weighted by Crippen LogP contribution is 2.33. The number of benzene rings is 3. The van der Waals surface area contributed by atoms with Gasteiger partial charge in [-0.15, -0.1) is 0 Å². The smallest absolute Gasteiger partial charge is 0.312 e. The summed E-state index contributed by atoms with van der Waals surface area (Å²) in [5.74, 6) is 0.939. The quantitative estimate of drug-likeness (QED) is 0.376. The van der Waals surface area contributed by atoms with Crippen LogP contribution in [0.3, 0.4) is 0 Å². The lowest BCUT2D eigenvalue weighted by atomic mass is 10.0. The van der Waals surface area contributed by atoms with E-state index in [1.165, 1.54) is 9.13 Å². The van der Waals surface area contributed by atoms with Crippen molar-refractivity contribution in [1.29, 1.82) is 0 Å². The summed E-state index contributed by atoms with van der Waals surface area (Å²) in [4.78, 5) is 34.1. The van der Waals surface area contributed by atoms with Crippen LogP contribution in [0.5, 0.6) is 0 Å². The lowest BCUT2D eigenvalue weighted by Crippen LogP contribution is -2.40. The number of imidazole rings is 1. The van der Waals surface area contributed by atoms with Crippen molar-refractivity contribution in [3.8, 4) is 0 Å². The molecule has 7 nitrogen and oxygen atoms in total. The molecule has 6 rings (SSSR count). The second kappa shape index (κ2) is 8.13. The molecular formula is C27H24ClN5O2. The third-order valence-corrected chi connectivity index (χ3v) is 7.04. The third-order valence-electron chi connectivity index (χ3n) is 6.79. The Morgan fingerprint density at radius 1 is 0.971 bits per heavy atom. The van der Waals surface area contributed by atoms with Crippen LogP contribution in [-0.2, 0) is 20.1 Å². The highest BCUT2D eigenvalue weighted by molar-refractivity contribution is 6.30. The molecule has 176 valence electrons. The van der Waals surface area contributed by atoms with Crippen molar-refractivity contribution < 1.29 is 0 Å². The van der Waals surface area contributed by atoms with Gasteiger partial charge in [0.2, 0.25) is 5.95 Å². The number of anilines is 2. The first-order chi connectivity index (χ1) is 16.9. The summed E-state index contributed by atoms with van der Waals surface area (Å²) in [5, 5.41) is 2.76. The number of halogens is 1. The summed E-state index contributed by atoms with van der Waals surface area (Å²) in [7, 11) is 1.68. The van der Waals surface area contributed by atoms with E-state index in [2.05, 4.69) is 11.8 Å². The molecule has 1 aliphatic rings. The van der Waals surface area contributed by atoms with Gasteiger partial charge in [-0.3, -0.25) is 13.9 Å². The maximum absolute atomic E-state index is 13.8. The summed E-state index contributed by atoms with van der Waals surface area (Å²) in [6.45, 7) is 3.74. The molecular weight excluding hydrogens is 462 g/mol. The van der Waals surface area contributed by atoms with Gasteiger partial charge in [0, 0.05) is 30.8 Å². The van der Waals surface area contributed by atoms with Crippen molar-refractivity contribution in [3.63, 3.8) is 0 Å². The molecule has 1 aliphatic heterocycles. The zero-order valence-corrected chi connectivity index (χ0v) is 20.2. The molecule has 35 heavy (non-hydrogen) atoms. The first-order valence-electron chi connectivity index (χ1n) is 11.6. The molecule has 2 aromatic heterocycles. The van der Waals surface area contributed by atoms with Crippen molar-refractivity contribution >= 4 is 45.2 Å². The first-order valence-corrected chi connectivity index (χ1v) is 12.0. The molecule has 0 amide bonds. The van der Waals surface area contributed by atoms with Gasteiger partial charge in [-0.25, -0.2) is 4.79 Å². The minimum atomic E-state index is -0.378. The molecule has 0 fully saturated rings. The Kier molecular flexibility index (Phi) is 5.04. The van der Waals surface area contributed by atoms with E-state index >= 15 is 0 Å². The van der Waals surface area contributed by atoms with E-state index in [9.17, 15) is 9.59 Å². The second-order valence-corrected chi connectivity index (χ2v) is 9.69. The molecule has 3 heterocycles. The van der Waals surface area contributed by atoms with E-state index in [-0.39, 0.29) is 23.7 Å². The number of aryl methyl sites for hydroxylation is 1. The van der Waals surface area contributed by atoms with E-state index in [1.54, 1.807) is 7.05 Å². The van der Waals surface area contributed by atoms with E-state index in [4.69, 9.17) is 16.6 Å². The van der Waals surface area contributed by atoms with Gasteiger partial charge in [0.05, 0.1) is 6.54 Å². The Labute approximate surface area is 206 Å². The number of fused-ring (bicyclic) bond motifs is 4. The minimum absolute atomic E-state index is 0.194. The molecule has 0 N–H and O–H groups in total. The molecule has 0 radical (unpaired) electrons. The highest BCUT2D eigenvalue weighted by atomic mass is 35.5. The van der Waals surface area contributed by atoms with Crippen LogP contribution in [-0.4, -0.2) is 25.2 Å². The summed E-state index contributed by atoms with van der Waals surface area (Å²) in [6.07, 6.45) is 0. The summed E-state index contributed by atoms with van der Waals surface area (Å²) >= 11 is 6.10. The van der Waals surface area contributed by atoms with Crippen LogP contribution >= 0.6 is 11.6 Å². The fourth-order valence-electron chi connectivity index (χ4n) is 5.08. The largest absolute Gasteiger partial charge is 0.332 e. The Hall–Kier alpha value is -3.84. The average Bonchev–Trinajstić information content (AvgIpc) is 3.25. The van der Waals surface area contributed by atoms with Gasteiger partial charge in [-0.1, -0.05) is 61.0 Å². The maximum atomic E-state index is 13.8. The van der Waals surface area contributed by atoms with E-state index in [1.807, 2.05) is 71.3 Å². The molecule has 1 unspecified atom stereocenters. The van der Waals surface area contributed by atoms with Crippen molar-refractivity contribution in [2.45, 2.75) is 20.0 Å². The number of hydrogen-bond donors (Lipinski definition) is 0. The van der Waals surface area contributed by atoms with Gasteiger partial charge in [-0.05, 0) is 46.5 Å². The highest BCUT2D eigenvalue weighted by Gasteiger charge is 2.30. The predicted molar refractivity (Wildman–Crippen MR) is 140 cm³/mol. The normalized spacial score (nSPS) is 15.6. The Bertz CT molecular complexity index is 1710. The Morgan fingerprint density at radius 3 is 2.51 bits per heavy atom. The van der Waals surface area contributed by atoms with Crippen LogP contribution in [0.25, 0.3) is 21.9 Å². The first kappa shape index (κ1) is 21.7. The predicted octanol–water partition coefficient (Wildman–Crippen LogP) is 4.54. The molecule has 0 saturated carbocycles. The van der Waals surface area contributed by atoms with Crippen molar-refractivity contribution in [2.75, 3.05) is 11.4 Å². The van der Waals surface area contributed by atoms with E-state index in [0.29, 0.717) is 28.7 Å². The molecule has 8 heteroatoms. The van der Waals surface area contributed by atoms with Gasteiger partial charge in [0.15, 0.2) is 11.2 Å². The summed E-state index contributed by atoms with van der Waals surface area (Å²) < 4.78 is 4.77. The van der Waals surface area contributed by atoms with Crippen molar-refractivity contribution in [2.24, 2.45) is 13.0 Å². The van der Waals surface area contributed by atoms with Crippen LogP contribution < -0.4 is 16.1 Å². The molecule has 0 spiro atoms. The van der Waals surface area contributed by atoms with Crippen LogP contribution in [0.1, 0.15) is 12.5 Å². The van der Waals surface area contributed by atoms with Crippen LogP contribution in [0.2, 0.25) is 5.02 Å². The zero-order chi connectivity index (χ0) is 24.3. The van der Waals surface area contributed by atoms with Crippen LogP contribution in [0.4, 0.5) is 11.6 Å². The Morgan fingerprint density at radius 2 is 1.71 bits per heavy atom. The van der Waals surface area contributed by atoms with Gasteiger partial charge >= 0.3 is 5.69 Å². The Balaban J connectivity index is 1.55. The number of aromatic nitrogens is 4. The topological polar surface area (TPSA) is 65.1 Å². The summed E-state index contributed by atoms with van der Waals surface area (Å²) in [5.41, 5.74) is 2.02.